The number of imidazole rings is 1. The summed E-state index contributed by atoms with van der Waals surface area (Å²) in [5.74, 6) is 0.151. The molecule has 1 aliphatic rings. The summed E-state index contributed by atoms with van der Waals surface area (Å²) in [6.45, 7) is 1.53. The molecule has 2 rings (SSSR count). The van der Waals surface area contributed by atoms with Gasteiger partial charge in [0.15, 0.2) is 5.84 Å². The minimum atomic E-state index is -0.458. The minimum Gasteiger partial charge on any atom is -0.409 e. The van der Waals surface area contributed by atoms with Crippen molar-refractivity contribution in [2.75, 3.05) is 19.6 Å². The van der Waals surface area contributed by atoms with Crippen molar-refractivity contribution in [3.8, 4) is 0 Å². The van der Waals surface area contributed by atoms with E-state index in [1.165, 1.54) is 0 Å². The summed E-state index contributed by atoms with van der Waals surface area (Å²) in [4.78, 5) is 5.88. The zero-order chi connectivity index (χ0) is 11.5. The van der Waals surface area contributed by atoms with Crippen molar-refractivity contribution >= 4 is 5.84 Å². The maximum atomic E-state index is 9.88. The monoisotopic (exact) mass is 225 g/mol. The van der Waals surface area contributed by atoms with Gasteiger partial charge in [0, 0.05) is 25.5 Å². The van der Waals surface area contributed by atoms with Gasteiger partial charge in [-0.2, -0.15) is 0 Å². The number of hydrogen-bond acceptors (Lipinski definition) is 5. The lowest BCUT2D eigenvalue weighted by atomic mass is 10.2. The molecule has 2 heterocycles. The molecule has 7 nitrogen and oxygen atoms in total. The average Bonchev–Trinajstić information content (AvgIpc) is 2.87. The van der Waals surface area contributed by atoms with Gasteiger partial charge >= 0.3 is 0 Å². The molecular formula is C9H15N5O2. The van der Waals surface area contributed by atoms with Gasteiger partial charge in [-0.15, -0.1) is 0 Å². The second-order valence-corrected chi connectivity index (χ2v) is 3.93. The Morgan fingerprint density at radius 3 is 3.00 bits per heavy atom. The predicted molar refractivity (Wildman–Crippen MR) is 57.1 cm³/mol. The first-order valence-corrected chi connectivity index (χ1v) is 5.05. The van der Waals surface area contributed by atoms with E-state index >= 15 is 0 Å². The standard InChI is InChI=1S/C9H15N5O2/c10-9(12-16)5-13-3-7(8(15)4-13)14-2-1-11-6-14/h1-2,6-8,15-16H,3-5H2,(H2,10,12)/t7-,8-/m1/s1. The first-order valence-electron chi connectivity index (χ1n) is 5.05. The molecule has 7 heteroatoms. The van der Waals surface area contributed by atoms with Crippen molar-refractivity contribution in [3.05, 3.63) is 18.7 Å². The summed E-state index contributed by atoms with van der Waals surface area (Å²) in [5, 5.41) is 21.3. The Morgan fingerprint density at radius 1 is 1.56 bits per heavy atom. The fourth-order valence-corrected chi connectivity index (χ4v) is 2.00. The Bertz CT molecular complexity index is 364. The Balaban J connectivity index is 1.99. The number of rotatable bonds is 3. The molecule has 2 atom stereocenters. The number of nitrogens with zero attached hydrogens (tertiary/aromatic N) is 4. The molecule has 1 aromatic rings. The van der Waals surface area contributed by atoms with Crippen LogP contribution in [0.15, 0.2) is 23.9 Å². The quantitative estimate of drug-likeness (QED) is 0.261. The number of oxime groups is 1. The zero-order valence-corrected chi connectivity index (χ0v) is 8.77. The van der Waals surface area contributed by atoms with Gasteiger partial charge in [0.2, 0.25) is 0 Å². The lowest BCUT2D eigenvalue weighted by Crippen LogP contribution is -2.33. The molecule has 0 radical (unpaired) electrons. The average molecular weight is 225 g/mol. The Hall–Kier alpha value is -1.60. The van der Waals surface area contributed by atoms with Gasteiger partial charge in [-0.05, 0) is 0 Å². The van der Waals surface area contributed by atoms with Gasteiger partial charge in [-0.3, -0.25) is 4.90 Å². The summed E-state index contributed by atoms with van der Waals surface area (Å²) in [6, 6.07) is -0.0195. The third-order valence-electron chi connectivity index (χ3n) is 2.76. The van der Waals surface area contributed by atoms with E-state index < -0.39 is 6.10 Å². The molecule has 4 N–H and O–H groups in total. The van der Waals surface area contributed by atoms with Crippen molar-refractivity contribution in [1.82, 2.24) is 14.5 Å². The molecule has 0 unspecified atom stereocenters. The van der Waals surface area contributed by atoms with Crippen LogP contribution in [0.4, 0.5) is 0 Å². The topological polar surface area (TPSA) is 99.9 Å². The van der Waals surface area contributed by atoms with Crippen molar-refractivity contribution in [2.24, 2.45) is 10.9 Å². The van der Waals surface area contributed by atoms with Crippen LogP contribution in [0.25, 0.3) is 0 Å². The molecule has 0 amide bonds. The maximum absolute atomic E-state index is 9.88. The minimum absolute atomic E-state index is 0.0195. The van der Waals surface area contributed by atoms with Gasteiger partial charge in [0.05, 0.1) is 25.0 Å². The molecule has 0 aliphatic carbocycles. The Labute approximate surface area is 92.8 Å². The normalized spacial score (nSPS) is 27.4. The van der Waals surface area contributed by atoms with Crippen LogP contribution in [0, 0.1) is 0 Å². The van der Waals surface area contributed by atoms with Crippen molar-refractivity contribution < 1.29 is 10.3 Å². The number of likely N-dealkylation sites (tertiary alicyclic amines) is 1. The van der Waals surface area contributed by atoms with E-state index in [4.69, 9.17) is 10.9 Å². The highest BCUT2D eigenvalue weighted by Gasteiger charge is 2.32. The Kier molecular flexibility index (Phi) is 3.07. The third-order valence-corrected chi connectivity index (χ3v) is 2.76. The predicted octanol–water partition coefficient (Wildman–Crippen LogP) is -1.15. The van der Waals surface area contributed by atoms with E-state index in [1.54, 1.807) is 12.5 Å². The number of β-amino-alcohol motifs (C(OH)–C–C–N with tert-alkyl or cyclic N) is 1. The van der Waals surface area contributed by atoms with Crippen LogP contribution in [0.3, 0.4) is 0 Å². The first-order chi connectivity index (χ1) is 7.70. The van der Waals surface area contributed by atoms with Crippen molar-refractivity contribution in [2.45, 2.75) is 12.1 Å². The molecule has 1 aliphatic heterocycles. The van der Waals surface area contributed by atoms with Crippen LogP contribution >= 0.6 is 0 Å². The fourth-order valence-electron chi connectivity index (χ4n) is 2.00. The molecule has 1 fully saturated rings. The number of hydrogen-bond donors (Lipinski definition) is 3. The highest BCUT2D eigenvalue weighted by molar-refractivity contribution is 5.81. The second-order valence-electron chi connectivity index (χ2n) is 3.93. The molecule has 0 spiro atoms. The lowest BCUT2D eigenvalue weighted by Gasteiger charge is -2.15. The van der Waals surface area contributed by atoms with Crippen molar-refractivity contribution in [1.29, 1.82) is 0 Å². The third kappa shape index (κ3) is 2.15. The van der Waals surface area contributed by atoms with E-state index in [1.807, 2.05) is 15.7 Å². The summed E-state index contributed by atoms with van der Waals surface area (Å²) in [7, 11) is 0. The second kappa shape index (κ2) is 4.50. The molecule has 16 heavy (non-hydrogen) atoms. The number of aromatic nitrogens is 2. The molecule has 88 valence electrons. The van der Waals surface area contributed by atoms with E-state index in [0.29, 0.717) is 19.6 Å². The van der Waals surface area contributed by atoms with Crippen LogP contribution in [0.5, 0.6) is 0 Å². The lowest BCUT2D eigenvalue weighted by molar-refractivity contribution is 0.145. The van der Waals surface area contributed by atoms with E-state index in [9.17, 15) is 5.11 Å². The van der Waals surface area contributed by atoms with Crippen LogP contribution in [-0.2, 0) is 0 Å². The number of aliphatic hydroxyl groups is 1. The van der Waals surface area contributed by atoms with Gasteiger partial charge in [0.1, 0.15) is 0 Å². The summed E-state index contributed by atoms with van der Waals surface area (Å²) in [6.07, 6.45) is 4.72. The van der Waals surface area contributed by atoms with E-state index in [0.717, 1.165) is 0 Å². The van der Waals surface area contributed by atoms with Gasteiger partial charge in [-0.1, -0.05) is 5.16 Å². The number of aliphatic hydroxyl groups excluding tert-OH is 1. The zero-order valence-electron chi connectivity index (χ0n) is 8.77. The van der Waals surface area contributed by atoms with Crippen LogP contribution in [-0.4, -0.2) is 56.3 Å². The molecule has 1 saturated heterocycles. The molecule has 0 bridgehead atoms. The number of amidine groups is 1. The van der Waals surface area contributed by atoms with Gasteiger partial charge in [0.25, 0.3) is 0 Å². The van der Waals surface area contributed by atoms with E-state index in [-0.39, 0.29) is 11.9 Å². The highest BCUT2D eigenvalue weighted by Crippen LogP contribution is 2.21. The van der Waals surface area contributed by atoms with Crippen LogP contribution < -0.4 is 5.73 Å². The number of nitrogens with two attached hydrogens (primary N) is 1. The highest BCUT2D eigenvalue weighted by atomic mass is 16.4. The molecule has 0 saturated carbocycles. The largest absolute Gasteiger partial charge is 0.409 e. The summed E-state index contributed by atoms with van der Waals surface area (Å²) < 4.78 is 1.87. The summed E-state index contributed by atoms with van der Waals surface area (Å²) >= 11 is 0. The molecule has 1 aromatic heterocycles. The fraction of sp³-hybridized carbons (Fsp3) is 0.556. The smallest absolute Gasteiger partial charge is 0.153 e. The van der Waals surface area contributed by atoms with Crippen molar-refractivity contribution in [3.63, 3.8) is 0 Å². The van der Waals surface area contributed by atoms with Gasteiger partial charge < -0.3 is 20.6 Å². The van der Waals surface area contributed by atoms with Crippen LogP contribution in [0.1, 0.15) is 6.04 Å². The van der Waals surface area contributed by atoms with Crippen LogP contribution in [0.2, 0.25) is 0 Å². The van der Waals surface area contributed by atoms with Gasteiger partial charge in [-0.25, -0.2) is 4.98 Å². The first kappa shape index (κ1) is 10.9. The van der Waals surface area contributed by atoms with E-state index in [2.05, 4.69) is 10.1 Å². The molecule has 0 aromatic carbocycles. The maximum Gasteiger partial charge on any atom is 0.153 e. The summed E-state index contributed by atoms with van der Waals surface area (Å²) in [5.41, 5.74) is 5.42. The Morgan fingerprint density at radius 2 is 2.38 bits per heavy atom. The molecular weight excluding hydrogens is 210 g/mol. The SMILES string of the molecule is NC(CN1C[C@@H](O)[C@H](n2ccnc2)C1)=NO.